The highest BCUT2D eigenvalue weighted by molar-refractivity contribution is 5.98. The van der Waals surface area contributed by atoms with E-state index in [2.05, 4.69) is 4.99 Å². The highest BCUT2D eigenvalue weighted by Crippen LogP contribution is 2.29. The third kappa shape index (κ3) is 2.84. The molecule has 1 aliphatic rings. The molecular formula is C11H9F3N2O3. The Hall–Kier alpha value is -2.09. The minimum Gasteiger partial charge on any atom is -0.475 e. The van der Waals surface area contributed by atoms with Gasteiger partial charge in [0.25, 0.3) is 5.91 Å². The van der Waals surface area contributed by atoms with Crippen molar-refractivity contribution < 1.29 is 27.9 Å². The molecule has 0 bridgehead atoms. The van der Waals surface area contributed by atoms with Gasteiger partial charge in [0, 0.05) is 5.56 Å². The van der Waals surface area contributed by atoms with Gasteiger partial charge in [-0.15, -0.1) is 0 Å². The van der Waals surface area contributed by atoms with Crippen LogP contribution in [0.2, 0.25) is 0 Å². The molecule has 0 unspecified atom stereocenters. The lowest BCUT2D eigenvalue weighted by Crippen LogP contribution is -2.31. The van der Waals surface area contributed by atoms with Gasteiger partial charge in [-0.3, -0.25) is 10.0 Å². The summed E-state index contributed by atoms with van der Waals surface area (Å²) in [5.74, 6) is -0.663. The molecule has 19 heavy (non-hydrogen) atoms. The highest BCUT2D eigenvalue weighted by Gasteiger charge is 2.31. The second-order valence-corrected chi connectivity index (χ2v) is 3.81. The molecule has 0 spiro atoms. The van der Waals surface area contributed by atoms with Gasteiger partial charge >= 0.3 is 6.18 Å². The first kappa shape index (κ1) is 13.3. The Morgan fingerprint density at radius 1 is 1.37 bits per heavy atom. The molecule has 0 aliphatic carbocycles. The van der Waals surface area contributed by atoms with Crippen LogP contribution in [0.5, 0.6) is 0 Å². The van der Waals surface area contributed by atoms with E-state index >= 15 is 0 Å². The fraction of sp³-hybridized carbons (Fsp3) is 0.273. The molecule has 1 aliphatic heterocycles. The molecule has 1 amide bonds. The van der Waals surface area contributed by atoms with Crippen LogP contribution in [0, 0.1) is 0 Å². The molecule has 1 aromatic rings. The Kier molecular flexibility index (Phi) is 3.43. The third-order valence-electron chi connectivity index (χ3n) is 2.52. The average molecular weight is 274 g/mol. The number of benzene rings is 1. The number of carbonyl (C=O) groups is 1. The number of alkyl halides is 3. The topological polar surface area (TPSA) is 70.9 Å². The summed E-state index contributed by atoms with van der Waals surface area (Å²) in [6.07, 6.45) is -4.41. The van der Waals surface area contributed by atoms with Gasteiger partial charge in [-0.05, 0) is 24.3 Å². The molecule has 0 fully saturated rings. The molecule has 0 saturated carbocycles. The summed E-state index contributed by atoms with van der Waals surface area (Å²) in [6, 6.07) is 3.32. The molecule has 5 nitrogen and oxygen atoms in total. The largest absolute Gasteiger partial charge is 0.475 e. The van der Waals surface area contributed by atoms with Crippen LogP contribution >= 0.6 is 0 Å². The maximum Gasteiger partial charge on any atom is 0.416 e. The number of aliphatic imine (C=N–C) groups is 1. The first-order valence-corrected chi connectivity index (χ1v) is 5.24. The van der Waals surface area contributed by atoms with Gasteiger partial charge in [-0.1, -0.05) is 0 Å². The van der Waals surface area contributed by atoms with Crippen molar-refractivity contribution in [3.05, 3.63) is 35.4 Å². The Morgan fingerprint density at radius 2 is 2.00 bits per heavy atom. The van der Waals surface area contributed by atoms with Crippen LogP contribution in [0.15, 0.2) is 29.3 Å². The van der Waals surface area contributed by atoms with Gasteiger partial charge in [0.05, 0.1) is 5.56 Å². The third-order valence-corrected chi connectivity index (χ3v) is 2.52. The number of nitrogens with zero attached hydrogens (tertiary/aromatic N) is 1. The zero-order valence-corrected chi connectivity index (χ0v) is 9.44. The minimum atomic E-state index is -4.41. The van der Waals surface area contributed by atoms with Gasteiger partial charge in [0.1, 0.15) is 6.61 Å². The molecule has 8 heteroatoms. The molecule has 0 saturated heterocycles. The molecule has 2 N–H and O–H groups in total. The number of hydrogen-bond acceptors (Lipinski definition) is 4. The van der Waals surface area contributed by atoms with Gasteiger partial charge in [0.15, 0.2) is 6.04 Å². The van der Waals surface area contributed by atoms with E-state index in [-0.39, 0.29) is 12.5 Å². The first-order valence-electron chi connectivity index (χ1n) is 5.24. The second-order valence-electron chi connectivity index (χ2n) is 3.81. The average Bonchev–Trinajstić information content (AvgIpc) is 2.86. The van der Waals surface area contributed by atoms with Crippen LogP contribution in [0.3, 0.4) is 0 Å². The van der Waals surface area contributed by atoms with Crippen LogP contribution in [0.4, 0.5) is 13.2 Å². The van der Waals surface area contributed by atoms with Crippen LogP contribution in [-0.4, -0.2) is 29.7 Å². The molecule has 1 aromatic carbocycles. The van der Waals surface area contributed by atoms with E-state index in [9.17, 15) is 18.0 Å². The monoisotopic (exact) mass is 274 g/mol. The molecule has 1 heterocycles. The number of carbonyl (C=O) groups excluding carboxylic acids is 1. The number of ether oxygens (including phenoxy) is 1. The quantitative estimate of drug-likeness (QED) is 0.632. The van der Waals surface area contributed by atoms with E-state index in [1.165, 1.54) is 17.6 Å². The van der Waals surface area contributed by atoms with Crippen LogP contribution in [0.25, 0.3) is 0 Å². The summed E-state index contributed by atoms with van der Waals surface area (Å²) in [7, 11) is 0. The molecule has 2 rings (SSSR count). The maximum absolute atomic E-state index is 12.4. The van der Waals surface area contributed by atoms with Gasteiger partial charge < -0.3 is 4.74 Å². The number of nitrogens with one attached hydrogen (secondary N) is 1. The zero-order chi connectivity index (χ0) is 14.0. The van der Waals surface area contributed by atoms with E-state index in [1.807, 2.05) is 0 Å². The van der Waals surface area contributed by atoms with Crippen molar-refractivity contribution in [3.8, 4) is 0 Å². The summed E-state index contributed by atoms with van der Waals surface area (Å²) in [5.41, 5.74) is 0.989. The first-order chi connectivity index (χ1) is 8.91. The lowest BCUT2D eigenvalue weighted by molar-refractivity contribution is -0.137. The molecular weight excluding hydrogens is 265 g/mol. The van der Waals surface area contributed by atoms with Crippen LogP contribution < -0.4 is 5.48 Å². The maximum atomic E-state index is 12.4. The minimum absolute atomic E-state index is 0.0667. The number of halogens is 3. The van der Waals surface area contributed by atoms with E-state index < -0.39 is 23.7 Å². The van der Waals surface area contributed by atoms with E-state index in [1.54, 1.807) is 0 Å². The summed E-state index contributed by atoms with van der Waals surface area (Å²) in [6.45, 7) is -0.0667. The standard InChI is InChI=1S/C11H9F3N2O3/c12-11(13,14)7-3-1-6(2-4-7)10-15-8(5-19-10)9(17)16-18/h1-4,8,18H,5H2,(H,16,17)/t8-/m1/s1. The van der Waals surface area contributed by atoms with E-state index in [0.717, 1.165) is 12.1 Å². The van der Waals surface area contributed by atoms with Crippen LogP contribution in [-0.2, 0) is 15.7 Å². The van der Waals surface area contributed by atoms with Crippen molar-refractivity contribution >= 4 is 11.8 Å². The van der Waals surface area contributed by atoms with Crippen molar-refractivity contribution in [3.63, 3.8) is 0 Å². The van der Waals surface area contributed by atoms with Crippen LogP contribution in [0.1, 0.15) is 11.1 Å². The summed E-state index contributed by atoms with van der Waals surface area (Å²) >= 11 is 0. The fourth-order valence-electron chi connectivity index (χ4n) is 1.54. The van der Waals surface area contributed by atoms with Crippen molar-refractivity contribution in [2.75, 3.05) is 6.61 Å². The highest BCUT2D eigenvalue weighted by atomic mass is 19.4. The Labute approximate surface area is 105 Å². The molecule has 102 valence electrons. The van der Waals surface area contributed by atoms with Gasteiger partial charge in [0.2, 0.25) is 5.90 Å². The van der Waals surface area contributed by atoms with Crippen molar-refractivity contribution in [2.45, 2.75) is 12.2 Å². The van der Waals surface area contributed by atoms with Gasteiger partial charge in [-0.2, -0.15) is 13.2 Å². The Balaban J connectivity index is 2.18. The number of amides is 1. The molecule has 0 aromatic heterocycles. The van der Waals surface area contributed by atoms with Gasteiger partial charge in [-0.25, -0.2) is 10.5 Å². The zero-order valence-electron chi connectivity index (χ0n) is 9.44. The molecule has 1 atom stereocenters. The van der Waals surface area contributed by atoms with Crippen molar-refractivity contribution in [1.29, 1.82) is 0 Å². The normalized spacial score (nSPS) is 18.7. The summed E-state index contributed by atoms with van der Waals surface area (Å²) < 4.78 is 42.2. The summed E-state index contributed by atoms with van der Waals surface area (Å²) in [4.78, 5) is 14.9. The number of rotatable bonds is 2. The summed E-state index contributed by atoms with van der Waals surface area (Å²) in [5, 5.41) is 8.43. The Bertz CT molecular complexity index is 511. The predicted octanol–water partition coefficient (Wildman–Crippen LogP) is 1.36. The lowest BCUT2D eigenvalue weighted by atomic mass is 10.1. The second kappa shape index (κ2) is 4.88. The van der Waals surface area contributed by atoms with Crippen molar-refractivity contribution in [2.24, 2.45) is 4.99 Å². The lowest BCUT2D eigenvalue weighted by Gasteiger charge is -2.07. The Morgan fingerprint density at radius 3 is 2.53 bits per heavy atom. The SMILES string of the molecule is O=C(NO)[C@H]1COC(c2ccc(C(F)(F)F)cc2)=N1. The number of hydroxylamine groups is 1. The predicted molar refractivity (Wildman–Crippen MR) is 57.7 cm³/mol. The van der Waals surface area contributed by atoms with Crippen molar-refractivity contribution in [1.82, 2.24) is 5.48 Å². The number of hydrogen-bond donors (Lipinski definition) is 2. The fourth-order valence-corrected chi connectivity index (χ4v) is 1.54. The van der Waals surface area contributed by atoms with E-state index in [4.69, 9.17) is 9.94 Å². The van der Waals surface area contributed by atoms with E-state index in [0.29, 0.717) is 5.56 Å². The molecule has 0 radical (unpaired) electrons. The smallest absolute Gasteiger partial charge is 0.416 e.